The molecule has 26 heavy (non-hydrogen) atoms. The standard InChI is InChI=1S/C21H23NO4/c1-14(12-20(23)24)10-11-22-21(25)26-13-19-17-8-4-2-6-15(17)16-7-3-5-9-18(16)19/h2-9,14,19H,10-13H2,1H3,(H,22,25)(H,23,24). The van der Waals surface area contributed by atoms with E-state index in [-0.39, 0.29) is 24.9 Å². The van der Waals surface area contributed by atoms with E-state index in [0.29, 0.717) is 13.0 Å². The highest BCUT2D eigenvalue weighted by Gasteiger charge is 2.28. The molecule has 1 aliphatic rings. The number of hydrogen-bond donors (Lipinski definition) is 2. The Balaban J connectivity index is 1.55. The number of benzene rings is 2. The van der Waals surface area contributed by atoms with Gasteiger partial charge in [0.1, 0.15) is 6.61 Å². The zero-order chi connectivity index (χ0) is 18.5. The summed E-state index contributed by atoms with van der Waals surface area (Å²) in [6.07, 6.45) is 0.248. The van der Waals surface area contributed by atoms with Crippen LogP contribution in [-0.4, -0.2) is 30.3 Å². The molecule has 0 bridgehead atoms. The van der Waals surface area contributed by atoms with Crippen molar-refractivity contribution in [2.24, 2.45) is 5.92 Å². The van der Waals surface area contributed by atoms with Gasteiger partial charge in [0.2, 0.25) is 0 Å². The number of alkyl carbamates (subject to hydrolysis) is 1. The maximum absolute atomic E-state index is 12.0. The monoisotopic (exact) mass is 353 g/mol. The minimum Gasteiger partial charge on any atom is -0.481 e. The van der Waals surface area contributed by atoms with Crippen LogP contribution in [0.25, 0.3) is 11.1 Å². The van der Waals surface area contributed by atoms with Crippen molar-refractivity contribution in [3.63, 3.8) is 0 Å². The number of carboxylic acids is 1. The zero-order valence-corrected chi connectivity index (χ0v) is 14.8. The zero-order valence-electron chi connectivity index (χ0n) is 14.8. The Morgan fingerprint density at radius 1 is 1.08 bits per heavy atom. The van der Waals surface area contributed by atoms with Gasteiger partial charge >= 0.3 is 12.1 Å². The van der Waals surface area contributed by atoms with Crippen molar-refractivity contribution < 1.29 is 19.4 Å². The molecule has 2 aromatic rings. The molecule has 2 aromatic carbocycles. The fourth-order valence-electron chi connectivity index (χ4n) is 3.47. The van der Waals surface area contributed by atoms with Gasteiger partial charge in [-0.05, 0) is 34.6 Å². The molecule has 0 spiro atoms. The van der Waals surface area contributed by atoms with E-state index in [1.807, 2.05) is 31.2 Å². The third-order valence-corrected chi connectivity index (χ3v) is 4.77. The second-order valence-corrected chi connectivity index (χ2v) is 6.74. The molecular formula is C21H23NO4. The average molecular weight is 353 g/mol. The maximum Gasteiger partial charge on any atom is 0.407 e. The summed E-state index contributed by atoms with van der Waals surface area (Å²) >= 11 is 0. The summed E-state index contributed by atoms with van der Waals surface area (Å²) in [5.74, 6) is -0.765. The lowest BCUT2D eigenvalue weighted by Gasteiger charge is -2.15. The highest BCUT2D eigenvalue weighted by Crippen LogP contribution is 2.44. The molecular weight excluding hydrogens is 330 g/mol. The van der Waals surface area contributed by atoms with E-state index in [1.165, 1.54) is 22.3 Å². The van der Waals surface area contributed by atoms with E-state index in [9.17, 15) is 9.59 Å². The molecule has 5 heteroatoms. The Morgan fingerprint density at radius 3 is 2.23 bits per heavy atom. The number of fused-ring (bicyclic) bond motifs is 3. The Morgan fingerprint density at radius 2 is 1.65 bits per heavy atom. The van der Waals surface area contributed by atoms with Crippen molar-refractivity contribution >= 4 is 12.1 Å². The number of rotatable bonds is 7. The summed E-state index contributed by atoms with van der Waals surface area (Å²) in [4.78, 5) is 22.6. The van der Waals surface area contributed by atoms with E-state index in [2.05, 4.69) is 29.6 Å². The lowest BCUT2D eigenvalue weighted by molar-refractivity contribution is -0.138. The molecule has 3 rings (SSSR count). The topological polar surface area (TPSA) is 75.6 Å². The van der Waals surface area contributed by atoms with Crippen molar-refractivity contribution in [1.29, 1.82) is 0 Å². The molecule has 2 N–H and O–H groups in total. The van der Waals surface area contributed by atoms with Gasteiger partial charge in [-0.3, -0.25) is 4.79 Å². The second kappa shape index (κ2) is 8.04. The van der Waals surface area contributed by atoms with Crippen molar-refractivity contribution in [3.8, 4) is 11.1 Å². The summed E-state index contributed by atoms with van der Waals surface area (Å²) in [6.45, 7) is 2.54. The van der Waals surface area contributed by atoms with Gasteiger partial charge in [0.25, 0.3) is 0 Å². The number of carbonyl (C=O) groups excluding carboxylic acids is 1. The third-order valence-electron chi connectivity index (χ3n) is 4.77. The largest absolute Gasteiger partial charge is 0.481 e. The number of amides is 1. The summed E-state index contributed by atoms with van der Waals surface area (Å²) < 4.78 is 5.44. The lowest BCUT2D eigenvalue weighted by Crippen LogP contribution is -2.28. The molecule has 1 aliphatic carbocycles. The van der Waals surface area contributed by atoms with Gasteiger partial charge in [0, 0.05) is 18.9 Å². The molecule has 0 saturated carbocycles. The van der Waals surface area contributed by atoms with Crippen LogP contribution in [0.4, 0.5) is 4.79 Å². The van der Waals surface area contributed by atoms with Crippen molar-refractivity contribution in [3.05, 3.63) is 59.7 Å². The van der Waals surface area contributed by atoms with Gasteiger partial charge in [-0.1, -0.05) is 55.5 Å². The summed E-state index contributed by atoms with van der Waals surface area (Å²) in [5.41, 5.74) is 4.74. The Bertz CT molecular complexity index is 757. The van der Waals surface area contributed by atoms with Crippen LogP contribution in [-0.2, 0) is 9.53 Å². The predicted octanol–water partition coefficient (Wildman–Crippen LogP) is 4.03. The van der Waals surface area contributed by atoms with Crippen molar-refractivity contribution in [1.82, 2.24) is 5.32 Å². The molecule has 1 atom stereocenters. The van der Waals surface area contributed by atoms with Crippen LogP contribution < -0.4 is 5.32 Å². The molecule has 0 heterocycles. The van der Waals surface area contributed by atoms with Crippen LogP contribution in [0.3, 0.4) is 0 Å². The fourth-order valence-corrected chi connectivity index (χ4v) is 3.47. The normalized spacial score (nSPS) is 13.6. The number of hydrogen-bond acceptors (Lipinski definition) is 3. The number of ether oxygens (including phenoxy) is 1. The van der Waals surface area contributed by atoms with Crippen LogP contribution in [0, 0.1) is 5.92 Å². The van der Waals surface area contributed by atoms with Gasteiger partial charge < -0.3 is 15.2 Å². The first-order chi connectivity index (χ1) is 12.6. The minimum absolute atomic E-state index is 0.0152. The van der Waals surface area contributed by atoms with E-state index in [0.717, 1.165) is 0 Å². The minimum atomic E-state index is -0.821. The van der Waals surface area contributed by atoms with E-state index in [1.54, 1.807) is 0 Å². The lowest BCUT2D eigenvalue weighted by atomic mass is 9.98. The molecule has 0 aliphatic heterocycles. The second-order valence-electron chi connectivity index (χ2n) is 6.74. The van der Waals surface area contributed by atoms with Crippen LogP contribution in [0.2, 0.25) is 0 Å². The quantitative estimate of drug-likeness (QED) is 0.788. The molecule has 136 valence electrons. The first-order valence-electron chi connectivity index (χ1n) is 8.87. The third kappa shape index (κ3) is 4.04. The van der Waals surface area contributed by atoms with Crippen molar-refractivity contribution in [2.75, 3.05) is 13.2 Å². The van der Waals surface area contributed by atoms with Crippen LogP contribution >= 0.6 is 0 Å². The predicted molar refractivity (Wildman–Crippen MR) is 99.1 cm³/mol. The molecule has 1 amide bonds. The Hall–Kier alpha value is -2.82. The van der Waals surface area contributed by atoms with Crippen LogP contribution in [0.1, 0.15) is 36.8 Å². The molecule has 0 radical (unpaired) electrons. The summed E-state index contributed by atoms with van der Waals surface area (Å²) in [7, 11) is 0. The van der Waals surface area contributed by atoms with Gasteiger partial charge in [0.05, 0.1) is 0 Å². The number of carbonyl (C=O) groups is 2. The molecule has 0 saturated heterocycles. The van der Waals surface area contributed by atoms with E-state index < -0.39 is 12.1 Å². The van der Waals surface area contributed by atoms with E-state index in [4.69, 9.17) is 9.84 Å². The number of nitrogens with one attached hydrogen (secondary N) is 1. The Kier molecular flexibility index (Phi) is 5.56. The Labute approximate surface area is 153 Å². The summed E-state index contributed by atoms with van der Waals surface area (Å²) in [5, 5.41) is 11.5. The van der Waals surface area contributed by atoms with Gasteiger partial charge in [-0.15, -0.1) is 0 Å². The van der Waals surface area contributed by atoms with Crippen LogP contribution in [0.5, 0.6) is 0 Å². The molecule has 1 unspecified atom stereocenters. The van der Waals surface area contributed by atoms with Crippen LogP contribution in [0.15, 0.2) is 48.5 Å². The number of aliphatic carboxylic acids is 1. The molecule has 0 aromatic heterocycles. The SMILES string of the molecule is CC(CCNC(=O)OCC1c2ccccc2-c2ccccc21)CC(=O)O. The smallest absolute Gasteiger partial charge is 0.407 e. The van der Waals surface area contributed by atoms with Gasteiger partial charge in [-0.25, -0.2) is 4.79 Å². The van der Waals surface area contributed by atoms with Crippen molar-refractivity contribution in [2.45, 2.75) is 25.7 Å². The summed E-state index contributed by atoms with van der Waals surface area (Å²) in [6, 6.07) is 16.4. The maximum atomic E-state index is 12.0. The average Bonchev–Trinajstić information content (AvgIpc) is 2.93. The highest BCUT2D eigenvalue weighted by atomic mass is 16.5. The van der Waals surface area contributed by atoms with Gasteiger partial charge in [-0.2, -0.15) is 0 Å². The highest BCUT2D eigenvalue weighted by molar-refractivity contribution is 5.79. The first kappa shape index (κ1) is 18.0. The molecule has 5 nitrogen and oxygen atoms in total. The van der Waals surface area contributed by atoms with E-state index >= 15 is 0 Å². The first-order valence-corrected chi connectivity index (χ1v) is 8.87. The fraction of sp³-hybridized carbons (Fsp3) is 0.333. The molecule has 0 fully saturated rings. The van der Waals surface area contributed by atoms with Gasteiger partial charge in [0.15, 0.2) is 0 Å². The number of carboxylic acid groups (broad SMARTS) is 1.